The molecule has 0 amide bonds. The van der Waals surface area contributed by atoms with Gasteiger partial charge in [0.05, 0.1) is 32.2 Å². The van der Waals surface area contributed by atoms with Crippen LogP contribution in [0.15, 0.2) is 124 Å². The highest BCUT2D eigenvalue weighted by molar-refractivity contribution is 6.37. The van der Waals surface area contributed by atoms with Crippen molar-refractivity contribution in [3.8, 4) is 16.8 Å². The molecule has 41 heavy (non-hydrogen) atoms. The number of aromatic nitrogens is 1. The van der Waals surface area contributed by atoms with Gasteiger partial charge in [-0.2, -0.15) is 0 Å². The Morgan fingerprint density at radius 1 is 0.488 bits per heavy atom. The second kappa shape index (κ2) is 8.40. The SMILES string of the molecule is Clc1ccc2c(oc3ccccc32)c1-c1cccc2c3ccccc3n(-c3ccc(Cl)c4oc5ccccc5c34)c12. The molecule has 0 atom stereocenters. The fourth-order valence-corrected chi connectivity index (χ4v) is 6.90. The molecule has 0 unspecified atom stereocenters. The summed E-state index contributed by atoms with van der Waals surface area (Å²) >= 11 is 13.8. The van der Waals surface area contributed by atoms with E-state index < -0.39 is 0 Å². The van der Waals surface area contributed by atoms with E-state index in [1.807, 2.05) is 54.6 Å². The summed E-state index contributed by atoms with van der Waals surface area (Å²) in [6.45, 7) is 0. The number of rotatable bonds is 2. The first-order valence-electron chi connectivity index (χ1n) is 13.4. The molecule has 9 aromatic rings. The molecule has 3 heterocycles. The largest absolute Gasteiger partial charge is 0.455 e. The van der Waals surface area contributed by atoms with Crippen LogP contribution in [0.4, 0.5) is 0 Å². The molecule has 0 N–H and O–H groups in total. The van der Waals surface area contributed by atoms with Gasteiger partial charge in [-0.3, -0.25) is 0 Å². The predicted octanol–water partition coefficient (Wildman–Crippen LogP) is 11.6. The van der Waals surface area contributed by atoms with Crippen LogP contribution < -0.4 is 0 Å². The summed E-state index contributed by atoms with van der Waals surface area (Å²) in [5, 5.41) is 7.57. The number of nitrogens with zero attached hydrogens (tertiary/aromatic N) is 1. The van der Waals surface area contributed by atoms with Crippen molar-refractivity contribution in [2.75, 3.05) is 0 Å². The average Bonchev–Trinajstić information content (AvgIpc) is 3.68. The van der Waals surface area contributed by atoms with Gasteiger partial charge in [-0.25, -0.2) is 0 Å². The van der Waals surface area contributed by atoms with E-state index in [0.717, 1.165) is 76.9 Å². The summed E-state index contributed by atoms with van der Waals surface area (Å²) in [4.78, 5) is 0. The molecule has 0 bridgehead atoms. The van der Waals surface area contributed by atoms with Gasteiger partial charge in [0, 0.05) is 38.1 Å². The lowest BCUT2D eigenvalue weighted by Crippen LogP contribution is -1.97. The van der Waals surface area contributed by atoms with Crippen molar-refractivity contribution in [3.05, 3.63) is 125 Å². The summed E-state index contributed by atoms with van der Waals surface area (Å²) < 4.78 is 15.1. The van der Waals surface area contributed by atoms with Gasteiger partial charge < -0.3 is 13.4 Å². The van der Waals surface area contributed by atoms with Crippen molar-refractivity contribution < 1.29 is 8.83 Å². The van der Waals surface area contributed by atoms with Crippen LogP contribution in [0.2, 0.25) is 10.0 Å². The highest BCUT2D eigenvalue weighted by Gasteiger charge is 2.24. The fourth-order valence-electron chi connectivity index (χ4n) is 6.45. The Morgan fingerprint density at radius 2 is 1.15 bits per heavy atom. The maximum absolute atomic E-state index is 7.04. The lowest BCUT2D eigenvalue weighted by atomic mass is 9.99. The Morgan fingerprint density at radius 3 is 2.00 bits per heavy atom. The van der Waals surface area contributed by atoms with Crippen LogP contribution in [0.25, 0.3) is 82.5 Å². The number of halogens is 2. The quantitative estimate of drug-likeness (QED) is 0.208. The molecule has 0 radical (unpaired) electrons. The van der Waals surface area contributed by atoms with Crippen molar-refractivity contribution in [2.45, 2.75) is 0 Å². The van der Waals surface area contributed by atoms with Gasteiger partial charge >= 0.3 is 0 Å². The lowest BCUT2D eigenvalue weighted by Gasteiger charge is -2.14. The summed E-state index contributed by atoms with van der Waals surface area (Å²) in [7, 11) is 0. The number of benzene rings is 6. The monoisotopic (exact) mass is 567 g/mol. The first-order valence-corrected chi connectivity index (χ1v) is 14.2. The van der Waals surface area contributed by atoms with E-state index in [2.05, 4.69) is 65.2 Å². The molecule has 0 aliphatic rings. The van der Waals surface area contributed by atoms with Crippen molar-refractivity contribution in [1.29, 1.82) is 0 Å². The second-order valence-corrected chi connectivity index (χ2v) is 11.1. The molecule has 3 nitrogen and oxygen atoms in total. The number of fused-ring (bicyclic) bond motifs is 9. The topological polar surface area (TPSA) is 31.2 Å². The maximum atomic E-state index is 7.04. The standard InChI is InChI=1S/C36H19Cl2NO2/c37-26-17-16-23-21-9-2-5-14-30(21)40-35(23)32(26)25-12-7-11-22-20-8-1-4-13-28(20)39(34(22)25)29-19-18-27(38)36-33(29)24-10-3-6-15-31(24)41-36/h1-19H. The van der Waals surface area contributed by atoms with Crippen molar-refractivity contribution in [1.82, 2.24) is 4.57 Å². The van der Waals surface area contributed by atoms with E-state index in [1.54, 1.807) is 0 Å². The maximum Gasteiger partial charge on any atom is 0.156 e. The molecule has 0 saturated carbocycles. The van der Waals surface area contributed by atoms with Gasteiger partial charge in [0.2, 0.25) is 0 Å². The van der Waals surface area contributed by atoms with Crippen LogP contribution in [0.1, 0.15) is 0 Å². The van der Waals surface area contributed by atoms with E-state index in [9.17, 15) is 0 Å². The molecule has 5 heteroatoms. The van der Waals surface area contributed by atoms with Gasteiger partial charge in [-0.15, -0.1) is 0 Å². The van der Waals surface area contributed by atoms with Crippen LogP contribution in [-0.2, 0) is 0 Å². The van der Waals surface area contributed by atoms with Crippen molar-refractivity contribution in [2.24, 2.45) is 0 Å². The molecule has 0 fully saturated rings. The Balaban J connectivity index is 1.50. The van der Waals surface area contributed by atoms with Crippen LogP contribution in [-0.4, -0.2) is 4.57 Å². The third-order valence-corrected chi connectivity index (χ3v) is 8.77. The first-order chi connectivity index (χ1) is 20.2. The Labute approximate surface area is 243 Å². The van der Waals surface area contributed by atoms with E-state index in [1.165, 1.54) is 0 Å². The zero-order chi connectivity index (χ0) is 27.2. The smallest absolute Gasteiger partial charge is 0.156 e. The Kier molecular flexibility index (Phi) is 4.72. The lowest BCUT2D eigenvalue weighted by molar-refractivity contribution is 0.669. The minimum atomic E-state index is 0.580. The van der Waals surface area contributed by atoms with Gasteiger partial charge in [-0.1, -0.05) is 96.0 Å². The number of furan rings is 2. The minimum Gasteiger partial charge on any atom is -0.455 e. The first kappa shape index (κ1) is 23.0. The predicted molar refractivity (Wildman–Crippen MR) is 171 cm³/mol. The summed E-state index contributed by atoms with van der Waals surface area (Å²) in [5.41, 5.74) is 8.05. The van der Waals surface area contributed by atoms with E-state index in [-0.39, 0.29) is 0 Å². The van der Waals surface area contributed by atoms with Crippen LogP contribution in [0.5, 0.6) is 0 Å². The molecule has 6 aromatic carbocycles. The molecule has 0 saturated heterocycles. The third-order valence-electron chi connectivity index (χ3n) is 8.16. The van der Waals surface area contributed by atoms with Crippen molar-refractivity contribution >= 4 is 88.9 Å². The minimum absolute atomic E-state index is 0.580. The molecule has 9 rings (SSSR count). The average molecular weight is 568 g/mol. The summed E-state index contributed by atoms with van der Waals surface area (Å²) in [6, 6.07) is 39.1. The molecule has 0 spiro atoms. The highest BCUT2D eigenvalue weighted by atomic mass is 35.5. The Bertz CT molecular complexity index is 2510. The number of hydrogen-bond acceptors (Lipinski definition) is 2. The van der Waals surface area contributed by atoms with Crippen LogP contribution in [0, 0.1) is 0 Å². The van der Waals surface area contributed by atoms with E-state index in [4.69, 9.17) is 32.0 Å². The Hall–Kier alpha value is -4.70. The van der Waals surface area contributed by atoms with Crippen LogP contribution >= 0.6 is 23.2 Å². The molecular weight excluding hydrogens is 549 g/mol. The molecule has 0 aliphatic carbocycles. The highest BCUT2D eigenvalue weighted by Crippen LogP contribution is 2.46. The van der Waals surface area contributed by atoms with E-state index in [0.29, 0.717) is 15.6 Å². The van der Waals surface area contributed by atoms with Gasteiger partial charge in [0.25, 0.3) is 0 Å². The van der Waals surface area contributed by atoms with Gasteiger partial charge in [-0.05, 0) is 42.5 Å². The zero-order valence-electron chi connectivity index (χ0n) is 21.5. The van der Waals surface area contributed by atoms with Crippen molar-refractivity contribution in [3.63, 3.8) is 0 Å². The fraction of sp³-hybridized carbons (Fsp3) is 0. The zero-order valence-corrected chi connectivity index (χ0v) is 23.0. The molecular formula is C36H19Cl2NO2. The molecule has 0 aliphatic heterocycles. The van der Waals surface area contributed by atoms with Crippen LogP contribution in [0.3, 0.4) is 0 Å². The van der Waals surface area contributed by atoms with Gasteiger partial charge in [0.15, 0.2) is 5.58 Å². The summed E-state index contributed by atoms with van der Waals surface area (Å²) in [5.74, 6) is 0. The second-order valence-electron chi connectivity index (χ2n) is 10.3. The van der Waals surface area contributed by atoms with Gasteiger partial charge in [0.1, 0.15) is 16.7 Å². The number of para-hydroxylation sites is 4. The molecule has 194 valence electrons. The third kappa shape index (κ3) is 3.10. The summed E-state index contributed by atoms with van der Waals surface area (Å²) in [6.07, 6.45) is 0. The molecule has 3 aromatic heterocycles. The number of hydrogen-bond donors (Lipinski definition) is 0. The normalized spacial score (nSPS) is 12.1. The van der Waals surface area contributed by atoms with E-state index >= 15 is 0 Å².